The maximum atomic E-state index is 9.87. The summed E-state index contributed by atoms with van der Waals surface area (Å²) >= 11 is 6.20. The van der Waals surface area contributed by atoms with Crippen LogP contribution in [0.5, 0.6) is 0 Å². The summed E-state index contributed by atoms with van der Waals surface area (Å²) in [7, 11) is 0. The average molecular weight is 291 g/mol. The van der Waals surface area contributed by atoms with E-state index >= 15 is 0 Å². The second-order valence-corrected chi connectivity index (χ2v) is 5.64. The van der Waals surface area contributed by atoms with Gasteiger partial charge in [0.25, 0.3) is 0 Å². The minimum Gasteiger partial charge on any atom is -0.395 e. The van der Waals surface area contributed by atoms with Gasteiger partial charge >= 0.3 is 0 Å². The summed E-state index contributed by atoms with van der Waals surface area (Å²) in [6.45, 7) is 1.74. The summed E-state index contributed by atoms with van der Waals surface area (Å²) in [6, 6.07) is 15.4. The molecule has 106 valence electrons. The summed E-state index contributed by atoms with van der Waals surface area (Å²) in [5.41, 5.74) is 2.26. The minimum atomic E-state index is -0.711. The highest BCUT2D eigenvalue weighted by Crippen LogP contribution is 2.31. The number of hydrogen-bond donors (Lipinski definition) is 2. The van der Waals surface area contributed by atoms with Crippen molar-refractivity contribution in [1.82, 2.24) is 0 Å². The molecule has 0 atom stereocenters. The molecule has 2 aromatic carbocycles. The number of aryl methyl sites for hydroxylation is 1. The third kappa shape index (κ3) is 3.04. The van der Waals surface area contributed by atoms with Crippen LogP contribution in [0.3, 0.4) is 0 Å². The van der Waals surface area contributed by atoms with Crippen LogP contribution in [0.15, 0.2) is 48.5 Å². The van der Waals surface area contributed by atoms with Crippen molar-refractivity contribution >= 4 is 11.6 Å². The maximum Gasteiger partial charge on any atom is 0.0553 e. The molecule has 0 heterocycles. The van der Waals surface area contributed by atoms with Crippen LogP contribution in [0.4, 0.5) is 0 Å². The van der Waals surface area contributed by atoms with Crippen LogP contribution in [0.2, 0.25) is 5.02 Å². The zero-order chi connectivity index (χ0) is 14.6. The van der Waals surface area contributed by atoms with Gasteiger partial charge in [0.05, 0.1) is 13.2 Å². The highest BCUT2D eigenvalue weighted by Gasteiger charge is 2.32. The first-order valence-corrected chi connectivity index (χ1v) is 7.01. The third-order valence-electron chi connectivity index (χ3n) is 3.72. The molecule has 0 fully saturated rings. The van der Waals surface area contributed by atoms with Crippen molar-refractivity contribution in [3.8, 4) is 0 Å². The van der Waals surface area contributed by atoms with Crippen molar-refractivity contribution in [2.75, 3.05) is 13.2 Å². The summed E-state index contributed by atoms with van der Waals surface area (Å²) in [4.78, 5) is 0. The lowest BCUT2D eigenvalue weighted by Crippen LogP contribution is -2.37. The van der Waals surface area contributed by atoms with Gasteiger partial charge in [-0.3, -0.25) is 0 Å². The summed E-state index contributed by atoms with van der Waals surface area (Å²) in [6.07, 6.45) is 0.503. The van der Waals surface area contributed by atoms with Gasteiger partial charge in [-0.25, -0.2) is 0 Å². The Bertz CT molecular complexity index is 577. The fourth-order valence-electron chi connectivity index (χ4n) is 2.43. The van der Waals surface area contributed by atoms with E-state index in [0.717, 1.165) is 16.7 Å². The van der Waals surface area contributed by atoms with Gasteiger partial charge in [0, 0.05) is 10.4 Å². The Hall–Kier alpha value is -1.35. The van der Waals surface area contributed by atoms with Crippen LogP contribution in [0.1, 0.15) is 16.7 Å². The average Bonchev–Trinajstić information content (AvgIpc) is 2.47. The molecule has 0 aliphatic rings. The molecule has 3 heteroatoms. The van der Waals surface area contributed by atoms with Gasteiger partial charge in [-0.1, -0.05) is 59.6 Å². The van der Waals surface area contributed by atoms with E-state index in [1.807, 2.05) is 55.5 Å². The second-order valence-electron chi connectivity index (χ2n) is 5.23. The van der Waals surface area contributed by atoms with Crippen LogP contribution < -0.4 is 0 Å². The van der Waals surface area contributed by atoms with E-state index in [-0.39, 0.29) is 13.2 Å². The van der Waals surface area contributed by atoms with Gasteiger partial charge in [-0.05, 0) is 30.5 Å². The van der Waals surface area contributed by atoms with E-state index in [1.165, 1.54) is 0 Å². The van der Waals surface area contributed by atoms with Crippen LogP contribution >= 0.6 is 11.6 Å². The molecule has 0 unspecified atom stereocenters. The van der Waals surface area contributed by atoms with Crippen LogP contribution in [-0.2, 0) is 11.8 Å². The van der Waals surface area contributed by atoms with Crippen LogP contribution in [-0.4, -0.2) is 23.4 Å². The molecule has 20 heavy (non-hydrogen) atoms. The Morgan fingerprint density at radius 3 is 2.30 bits per heavy atom. The number of rotatable bonds is 5. The molecule has 0 saturated heterocycles. The molecule has 0 aliphatic carbocycles. The zero-order valence-electron chi connectivity index (χ0n) is 11.5. The van der Waals surface area contributed by atoms with E-state index in [1.54, 1.807) is 0 Å². The van der Waals surface area contributed by atoms with Crippen molar-refractivity contribution in [2.45, 2.75) is 18.8 Å². The molecule has 2 aromatic rings. The number of aliphatic hydroxyl groups is 2. The Labute approximate surface area is 124 Å². The largest absolute Gasteiger partial charge is 0.395 e. The van der Waals surface area contributed by atoms with E-state index in [0.29, 0.717) is 11.4 Å². The second kappa shape index (κ2) is 6.40. The molecule has 0 saturated carbocycles. The molecule has 0 aromatic heterocycles. The highest BCUT2D eigenvalue weighted by atomic mass is 35.5. The Kier molecular flexibility index (Phi) is 4.81. The topological polar surface area (TPSA) is 40.5 Å². The highest BCUT2D eigenvalue weighted by molar-refractivity contribution is 6.31. The van der Waals surface area contributed by atoms with Crippen molar-refractivity contribution in [1.29, 1.82) is 0 Å². The fourth-order valence-corrected chi connectivity index (χ4v) is 2.63. The quantitative estimate of drug-likeness (QED) is 0.888. The van der Waals surface area contributed by atoms with Gasteiger partial charge in [-0.2, -0.15) is 0 Å². The molecular weight excluding hydrogens is 272 g/mol. The Morgan fingerprint density at radius 1 is 1.00 bits per heavy atom. The molecule has 2 rings (SSSR count). The van der Waals surface area contributed by atoms with Gasteiger partial charge in [0.1, 0.15) is 0 Å². The van der Waals surface area contributed by atoms with Gasteiger partial charge in [-0.15, -0.1) is 0 Å². The first-order chi connectivity index (χ1) is 9.61. The van der Waals surface area contributed by atoms with Gasteiger partial charge in [0.15, 0.2) is 0 Å². The molecular formula is C17H19ClO2. The molecule has 0 bridgehead atoms. The van der Waals surface area contributed by atoms with Crippen molar-refractivity contribution in [3.63, 3.8) is 0 Å². The lowest BCUT2D eigenvalue weighted by atomic mass is 9.76. The fraction of sp³-hybridized carbons (Fsp3) is 0.294. The lowest BCUT2D eigenvalue weighted by molar-refractivity contribution is 0.116. The van der Waals surface area contributed by atoms with Crippen molar-refractivity contribution < 1.29 is 10.2 Å². The molecule has 0 aliphatic heterocycles. The first-order valence-electron chi connectivity index (χ1n) is 6.63. The van der Waals surface area contributed by atoms with E-state index in [2.05, 4.69) is 0 Å². The smallest absolute Gasteiger partial charge is 0.0553 e. The number of aliphatic hydroxyl groups excluding tert-OH is 2. The van der Waals surface area contributed by atoms with E-state index in [4.69, 9.17) is 11.6 Å². The number of benzene rings is 2. The predicted molar refractivity (Wildman–Crippen MR) is 82.2 cm³/mol. The van der Waals surface area contributed by atoms with Crippen molar-refractivity contribution in [3.05, 3.63) is 70.2 Å². The van der Waals surface area contributed by atoms with Crippen molar-refractivity contribution in [2.24, 2.45) is 0 Å². The SMILES string of the molecule is Cc1cccc(C(CO)(CO)Cc2ccccc2Cl)c1. The van der Waals surface area contributed by atoms with E-state index < -0.39 is 5.41 Å². The standard InChI is InChI=1S/C17H19ClO2/c1-13-5-4-7-15(9-13)17(11-19,12-20)10-14-6-2-3-8-16(14)18/h2-9,19-20H,10-12H2,1H3. The monoisotopic (exact) mass is 290 g/mol. The molecule has 0 spiro atoms. The molecule has 2 N–H and O–H groups in total. The van der Waals surface area contributed by atoms with Crippen LogP contribution in [0, 0.1) is 6.92 Å². The predicted octanol–water partition coefficient (Wildman–Crippen LogP) is 3.11. The van der Waals surface area contributed by atoms with Gasteiger partial charge in [0.2, 0.25) is 0 Å². The molecule has 2 nitrogen and oxygen atoms in total. The Morgan fingerprint density at radius 2 is 1.70 bits per heavy atom. The lowest BCUT2D eigenvalue weighted by Gasteiger charge is -2.31. The third-order valence-corrected chi connectivity index (χ3v) is 4.09. The van der Waals surface area contributed by atoms with Gasteiger partial charge < -0.3 is 10.2 Å². The molecule has 0 radical (unpaired) electrons. The number of hydrogen-bond acceptors (Lipinski definition) is 2. The number of halogens is 1. The molecule has 0 amide bonds. The zero-order valence-corrected chi connectivity index (χ0v) is 12.3. The first kappa shape index (κ1) is 15.0. The maximum absolute atomic E-state index is 9.87. The summed E-state index contributed by atoms with van der Waals surface area (Å²) in [5, 5.41) is 20.4. The summed E-state index contributed by atoms with van der Waals surface area (Å²) in [5.74, 6) is 0. The summed E-state index contributed by atoms with van der Waals surface area (Å²) < 4.78 is 0. The van der Waals surface area contributed by atoms with Crippen LogP contribution in [0.25, 0.3) is 0 Å². The normalized spacial score (nSPS) is 11.6. The minimum absolute atomic E-state index is 0.127. The van der Waals surface area contributed by atoms with E-state index in [9.17, 15) is 10.2 Å². The Balaban J connectivity index is 2.42.